The summed E-state index contributed by atoms with van der Waals surface area (Å²) in [4.78, 5) is 90.6. The number of carbonyl (C=O) groups is 4. The molecule has 0 saturated heterocycles. The van der Waals surface area contributed by atoms with Crippen molar-refractivity contribution in [3.8, 4) is 5.75 Å². The highest BCUT2D eigenvalue weighted by molar-refractivity contribution is 6.32. The monoisotopic (exact) mass is 694 g/mol. The van der Waals surface area contributed by atoms with Crippen LogP contribution in [0.3, 0.4) is 0 Å². The average Bonchev–Trinajstić information content (AvgIpc) is 3.45. The Bertz CT molecular complexity index is 2040. The van der Waals surface area contributed by atoms with E-state index in [-0.39, 0.29) is 38.0 Å². The van der Waals surface area contributed by atoms with E-state index in [9.17, 15) is 59.6 Å². The fourth-order valence-electron chi connectivity index (χ4n) is 4.12. The van der Waals surface area contributed by atoms with Crippen LogP contribution >= 0.6 is 11.6 Å². The number of imide groups is 2. The highest BCUT2D eigenvalue weighted by atomic mass is 35.5. The Morgan fingerprint density at radius 3 is 1.35 bits per heavy atom. The van der Waals surface area contributed by atoms with Crippen LogP contribution in [-0.2, 0) is 0 Å². The van der Waals surface area contributed by atoms with Gasteiger partial charge in [-0.15, -0.1) is 5.06 Å². The average molecular weight is 695 g/mol. The van der Waals surface area contributed by atoms with E-state index < -0.39 is 66.1 Å². The Morgan fingerprint density at radius 2 is 0.939 bits per heavy atom. The molecule has 2 aliphatic heterocycles. The van der Waals surface area contributed by atoms with Crippen molar-refractivity contribution in [2.45, 2.75) is 0 Å². The first-order valence-electron chi connectivity index (χ1n) is 13.0. The fraction of sp³-hybridized carbons (Fsp3) is 0. The third-order valence-corrected chi connectivity index (χ3v) is 6.73. The summed E-state index contributed by atoms with van der Waals surface area (Å²) in [5, 5.41) is 51.6. The number of hydrogen-bond donors (Lipinski definition) is 1. The summed E-state index contributed by atoms with van der Waals surface area (Å²) < 4.78 is 0. The molecule has 4 aromatic rings. The molecule has 6 rings (SSSR count). The molecule has 248 valence electrons. The molecule has 1 N–H and O–H groups in total. The number of halogens is 1. The van der Waals surface area contributed by atoms with E-state index in [1.807, 2.05) is 0 Å². The molecule has 0 fully saturated rings. The molecule has 0 bridgehead atoms. The van der Waals surface area contributed by atoms with Gasteiger partial charge in [0.05, 0.1) is 54.1 Å². The largest absolute Gasteiger partial charge is 0.361 e. The molecule has 0 aliphatic carbocycles. The Morgan fingerprint density at radius 1 is 0.551 bits per heavy atom. The Balaban J connectivity index is 0.000000182. The van der Waals surface area contributed by atoms with E-state index in [4.69, 9.17) is 21.6 Å². The molecule has 2 aliphatic rings. The van der Waals surface area contributed by atoms with Crippen molar-refractivity contribution in [3.63, 3.8) is 0 Å². The third-order valence-electron chi connectivity index (χ3n) is 6.41. The van der Waals surface area contributed by atoms with Crippen LogP contribution in [0.15, 0.2) is 84.9 Å². The van der Waals surface area contributed by atoms with Gasteiger partial charge < -0.3 is 4.84 Å². The van der Waals surface area contributed by atoms with Gasteiger partial charge in [0.15, 0.2) is 0 Å². The highest BCUT2D eigenvalue weighted by Crippen LogP contribution is 2.34. The number of benzene rings is 4. The summed E-state index contributed by atoms with van der Waals surface area (Å²) in [7, 11) is 0. The van der Waals surface area contributed by atoms with E-state index >= 15 is 0 Å². The van der Waals surface area contributed by atoms with E-state index in [0.717, 1.165) is 30.3 Å². The SMILES string of the molecule is O=C1c2ccccc2C(=O)N1O.O=C1c2ccccc2C(=O)N1Oc1ccc([N+](=O)[O-])cc1[N+](=O)[O-].O=[N+]([O-])c1ccc(Cl)c([N+](=O)[O-])c1. The van der Waals surface area contributed by atoms with Crippen molar-refractivity contribution in [1.29, 1.82) is 0 Å². The quantitative estimate of drug-likeness (QED) is 0.121. The molecule has 20 nitrogen and oxygen atoms in total. The first-order valence-corrected chi connectivity index (χ1v) is 13.4. The number of fused-ring (bicyclic) bond motifs is 2. The lowest BCUT2D eigenvalue weighted by atomic mass is 10.1. The van der Waals surface area contributed by atoms with Gasteiger partial charge in [-0.05, 0) is 36.4 Å². The van der Waals surface area contributed by atoms with Crippen molar-refractivity contribution in [2.24, 2.45) is 0 Å². The van der Waals surface area contributed by atoms with E-state index in [2.05, 4.69) is 0 Å². The second kappa shape index (κ2) is 14.1. The zero-order valence-electron chi connectivity index (χ0n) is 23.9. The summed E-state index contributed by atoms with van der Waals surface area (Å²) in [5.74, 6) is -3.32. The standard InChI is InChI=1S/C14H7N3O7.C8H5NO3.C6H3ClN2O4/c18-13-9-3-1-2-4-10(9)14(19)15(13)24-12-6-5-8(16(20)21)7-11(12)17(22)23;10-7-5-3-1-2-4-6(5)8(11)9(7)12;7-5-2-1-4(8(10)11)3-6(5)9(12)13/h1-7H;1-4,12H;1-3H. The lowest BCUT2D eigenvalue weighted by Gasteiger charge is -2.14. The van der Waals surface area contributed by atoms with Crippen molar-refractivity contribution in [3.05, 3.63) is 153 Å². The van der Waals surface area contributed by atoms with Gasteiger partial charge in [0.1, 0.15) is 5.02 Å². The van der Waals surface area contributed by atoms with Gasteiger partial charge >= 0.3 is 5.69 Å². The van der Waals surface area contributed by atoms with Crippen LogP contribution in [0.1, 0.15) is 41.4 Å². The molecule has 49 heavy (non-hydrogen) atoms. The number of non-ortho nitro benzene ring substituents is 2. The van der Waals surface area contributed by atoms with Crippen LogP contribution < -0.4 is 4.84 Å². The predicted octanol–water partition coefficient (Wildman–Crippen LogP) is 4.92. The Kier molecular flexibility index (Phi) is 9.95. The maximum absolute atomic E-state index is 12.2. The van der Waals surface area contributed by atoms with Gasteiger partial charge in [0, 0.05) is 12.1 Å². The first-order chi connectivity index (χ1) is 23.1. The molecule has 0 radical (unpaired) electrons. The number of hydroxylamine groups is 4. The minimum atomic E-state index is -0.902. The van der Waals surface area contributed by atoms with Gasteiger partial charge in [0.25, 0.3) is 40.7 Å². The number of carbonyl (C=O) groups excluding carboxylic acids is 4. The topological polar surface area (TPSA) is 277 Å². The van der Waals surface area contributed by atoms with Gasteiger partial charge in [-0.2, -0.15) is 0 Å². The minimum absolute atomic E-state index is 0.104. The number of nitro groups is 4. The number of rotatable bonds is 6. The van der Waals surface area contributed by atoms with Gasteiger partial charge in [0.2, 0.25) is 5.75 Å². The summed E-state index contributed by atoms with van der Waals surface area (Å²) in [6.07, 6.45) is 0. The minimum Gasteiger partial charge on any atom is -0.361 e. The predicted molar refractivity (Wildman–Crippen MR) is 161 cm³/mol. The lowest BCUT2D eigenvalue weighted by Crippen LogP contribution is -2.33. The van der Waals surface area contributed by atoms with E-state index in [1.54, 1.807) is 24.3 Å². The first kappa shape index (κ1) is 34.7. The summed E-state index contributed by atoms with van der Waals surface area (Å²) in [6, 6.07) is 17.9. The molecule has 4 amide bonds. The molecular formula is C28H15ClN6O14. The van der Waals surface area contributed by atoms with Crippen molar-refractivity contribution < 1.29 is 48.9 Å². The van der Waals surface area contributed by atoms with Gasteiger partial charge in [-0.1, -0.05) is 40.9 Å². The van der Waals surface area contributed by atoms with Crippen LogP contribution in [0.5, 0.6) is 5.75 Å². The molecule has 21 heteroatoms. The summed E-state index contributed by atoms with van der Waals surface area (Å²) >= 11 is 5.43. The number of nitrogens with zero attached hydrogens (tertiary/aromatic N) is 6. The molecule has 4 aromatic carbocycles. The smallest absolute Gasteiger partial charge is 0.321 e. The van der Waals surface area contributed by atoms with Crippen LogP contribution in [0.2, 0.25) is 5.02 Å². The van der Waals surface area contributed by atoms with Crippen molar-refractivity contribution >= 4 is 58.0 Å². The third kappa shape index (κ3) is 7.14. The zero-order valence-corrected chi connectivity index (χ0v) is 24.7. The normalized spacial score (nSPS) is 12.6. The van der Waals surface area contributed by atoms with Gasteiger partial charge in [-0.3, -0.25) is 64.8 Å². The van der Waals surface area contributed by atoms with Crippen molar-refractivity contribution in [2.75, 3.05) is 0 Å². The second-order valence-electron chi connectivity index (χ2n) is 9.33. The Labute approximate surface area is 275 Å². The zero-order chi connectivity index (χ0) is 36.2. The Hall–Kier alpha value is -7.19. The molecule has 0 aromatic heterocycles. The highest BCUT2D eigenvalue weighted by Gasteiger charge is 2.39. The molecule has 0 spiro atoms. The number of nitro benzene ring substituents is 4. The lowest BCUT2D eigenvalue weighted by molar-refractivity contribution is -0.395. The summed E-state index contributed by atoms with van der Waals surface area (Å²) in [6.45, 7) is 0. The molecular weight excluding hydrogens is 680 g/mol. The maximum atomic E-state index is 12.2. The maximum Gasteiger partial charge on any atom is 0.321 e. The van der Waals surface area contributed by atoms with Crippen LogP contribution in [0.4, 0.5) is 22.7 Å². The van der Waals surface area contributed by atoms with Crippen LogP contribution in [-0.4, -0.2) is 58.7 Å². The van der Waals surface area contributed by atoms with E-state index in [1.165, 1.54) is 24.3 Å². The molecule has 0 saturated carbocycles. The van der Waals surface area contributed by atoms with Crippen molar-refractivity contribution in [1.82, 2.24) is 10.1 Å². The van der Waals surface area contributed by atoms with Crippen LogP contribution in [0, 0.1) is 40.5 Å². The molecule has 2 heterocycles. The van der Waals surface area contributed by atoms with E-state index in [0.29, 0.717) is 11.1 Å². The number of amides is 4. The molecule has 0 unspecified atom stereocenters. The van der Waals surface area contributed by atoms with Gasteiger partial charge in [-0.25, -0.2) is 0 Å². The molecule has 0 atom stereocenters. The second-order valence-corrected chi connectivity index (χ2v) is 9.73. The summed E-state index contributed by atoms with van der Waals surface area (Å²) in [5.41, 5.74) is -1.35. The fourth-order valence-corrected chi connectivity index (χ4v) is 4.31. The van der Waals surface area contributed by atoms with Crippen LogP contribution in [0.25, 0.3) is 0 Å². The number of hydrogen-bond acceptors (Lipinski definition) is 14.